The lowest BCUT2D eigenvalue weighted by Crippen LogP contribution is -2.09. The van der Waals surface area contributed by atoms with Gasteiger partial charge in [-0.3, -0.25) is 14.4 Å². The summed E-state index contributed by atoms with van der Waals surface area (Å²) in [4.78, 5) is 35.5. The molecule has 0 heterocycles. The molecule has 0 radical (unpaired) electrons. The van der Waals surface area contributed by atoms with E-state index in [1.54, 1.807) is 31.2 Å². The molecule has 0 fully saturated rings. The lowest BCUT2D eigenvalue weighted by Gasteiger charge is -2.13. The number of hydrogen-bond donors (Lipinski definition) is 1. The second-order valence-electron chi connectivity index (χ2n) is 7.98. The number of Topliss-reactive ketones (excluding diaryl/α,β-unsaturated/α-hetero) is 3. The van der Waals surface area contributed by atoms with Gasteiger partial charge in [0.05, 0.1) is 12.5 Å². The zero-order chi connectivity index (χ0) is 22.5. The third-order valence-corrected chi connectivity index (χ3v) is 5.10. The number of rotatable bonds is 8. The van der Waals surface area contributed by atoms with Gasteiger partial charge in [-0.1, -0.05) is 72.3 Å². The van der Waals surface area contributed by atoms with Gasteiger partial charge in [-0.25, -0.2) is 0 Å². The molecule has 0 bridgehead atoms. The van der Waals surface area contributed by atoms with Gasteiger partial charge in [-0.05, 0) is 43.0 Å². The molecule has 4 heteroatoms. The van der Waals surface area contributed by atoms with Crippen LogP contribution in [0, 0.1) is 6.92 Å². The second-order valence-corrected chi connectivity index (χ2v) is 7.98. The number of aliphatic hydroxyl groups excluding tert-OH is 1. The van der Waals surface area contributed by atoms with Gasteiger partial charge in [0.2, 0.25) is 0 Å². The number of carbonyl (C=O) groups is 3. The molecule has 0 aliphatic carbocycles. The summed E-state index contributed by atoms with van der Waals surface area (Å²) in [5.41, 5.74) is 6.18. The first-order valence-corrected chi connectivity index (χ1v) is 10.3. The van der Waals surface area contributed by atoms with E-state index in [9.17, 15) is 19.5 Å². The quantitative estimate of drug-likeness (QED) is 0.393. The molecule has 0 aromatic heterocycles. The molecule has 3 rings (SSSR count). The van der Waals surface area contributed by atoms with Gasteiger partial charge in [0.15, 0.2) is 11.6 Å². The first-order valence-electron chi connectivity index (χ1n) is 10.3. The normalized spacial score (nSPS) is 11.7. The summed E-state index contributed by atoms with van der Waals surface area (Å²) in [6.07, 6.45) is -0.653. The van der Waals surface area contributed by atoms with E-state index in [0.717, 1.165) is 27.8 Å². The molecule has 0 aliphatic heterocycles. The van der Waals surface area contributed by atoms with E-state index in [-0.39, 0.29) is 30.2 Å². The molecule has 0 saturated carbocycles. The van der Waals surface area contributed by atoms with Crippen LogP contribution in [-0.2, 0) is 4.79 Å². The zero-order valence-corrected chi connectivity index (χ0v) is 18.0. The highest BCUT2D eigenvalue weighted by molar-refractivity contribution is 6.07. The van der Waals surface area contributed by atoms with Crippen molar-refractivity contribution in [3.05, 3.63) is 83.4 Å². The topological polar surface area (TPSA) is 71.4 Å². The SMILES string of the molecule is CC(=O)CC(=O)c1ccc(-c2cc(C)ccc2-c2ccc(C(=O)CC(C)O)cc2)cc1. The van der Waals surface area contributed by atoms with E-state index in [4.69, 9.17) is 0 Å². The zero-order valence-electron chi connectivity index (χ0n) is 18.0. The average Bonchev–Trinajstić information content (AvgIpc) is 2.73. The fourth-order valence-electron chi connectivity index (χ4n) is 3.53. The predicted molar refractivity (Wildman–Crippen MR) is 122 cm³/mol. The van der Waals surface area contributed by atoms with Crippen molar-refractivity contribution in [1.82, 2.24) is 0 Å². The molecule has 1 atom stereocenters. The fourth-order valence-corrected chi connectivity index (χ4v) is 3.53. The van der Waals surface area contributed by atoms with E-state index in [1.807, 2.05) is 43.3 Å². The Bertz CT molecular complexity index is 1110. The van der Waals surface area contributed by atoms with Crippen molar-refractivity contribution >= 4 is 17.3 Å². The lowest BCUT2D eigenvalue weighted by atomic mass is 9.91. The maximum absolute atomic E-state index is 12.2. The van der Waals surface area contributed by atoms with Gasteiger partial charge in [-0.15, -0.1) is 0 Å². The molecular formula is C27H26O4. The van der Waals surface area contributed by atoms with Gasteiger partial charge >= 0.3 is 0 Å². The summed E-state index contributed by atoms with van der Waals surface area (Å²) in [5.74, 6) is -0.414. The number of carbonyl (C=O) groups excluding carboxylic acids is 3. The first-order chi connectivity index (χ1) is 14.7. The maximum atomic E-state index is 12.2. The minimum atomic E-state index is -0.666. The summed E-state index contributed by atoms with van der Waals surface area (Å²) >= 11 is 0. The van der Waals surface area contributed by atoms with Gasteiger partial charge in [-0.2, -0.15) is 0 Å². The molecule has 0 saturated heterocycles. The number of benzene rings is 3. The Labute approximate surface area is 182 Å². The molecule has 1 N–H and O–H groups in total. The predicted octanol–water partition coefficient (Wildman–Crippen LogP) is 5.44. The van der Waals surface area contributed by atoms with Crippen LogP contribution in [0.2, 0.25) is 0 Å². The Morgan fingerprint density at radius 3 is 1.81 bits per heavy atom. The third-order valence-electron chi connectivity index (χ3n) is 5.10. The maximum Gasteiger partial charge on any atom is 0.170 e. The van der Waals surface area contributed by atoms with E-state index in [2.05, 4.69) is 6.07 Å². The lowest BCUT2D eigenvalue weighted by molar-refractivity contribution is -0.116. The molecule has 158 valence electrons. The van der Waals surface area contributed by atoms with Crippen molar-refractivity contribution in [2.24, 2.45) is 0 Å². The van der Waals surface area contributed by atoms with E-state index >= 15 is 0 Å². The molecule has 0 amide bonds. The van der Waals surface area contributed by atoms with Gasteiger partial charge < -0.3 is 5.11 Å². The Morgan fingerprint density at radius 1 is 0.774 bits per heavy atom. The van der Waals surface area contributed by atoms with Crippen molar-refractivity contribution in [2.75, 3.05) is 0 Å². The van der Waals surface area contributed by atoms with Crippen LogP contribution in [0.3, 0.4) is 0 Å². The summed E-state index contributed by atoms with van der Waals surface area (Å²) < 4.78 is 0. The van der Waals surface area contributed by atoms with Gasteiger partial charge in [0.25, 0.3) is 0 Å². The van der Waals surface area contributed by atoms with E-state index in [1.165, 1.54) is 6.92 Å². The van der Waals surface area contributed by atoms with Crippen LogP contribution >= 0.6 is 0 Å². The van der Waals surface area contributed by atoms with Crippen LogP contribution in [-0.4, -0.2) is 28.6 Å². The van der Waals surface area contributed by atoms with Crippen LogP contribution in [0.4, 0.5) is 0 Å². The monoisotopic (exact) mass is 414 g/mol. The summed E-state index contributed by atoms with van der Waals surface area (Å²) in [7, 11) is 0. The first kappa shape index (κ1) is 22.3. The van der Waals surface area contributed by atoms with Crippen molar-refractivity contribution in [3.8, 4) is 22.3 Å². The fraction of sp³-hybridized carbons (Fsp3) is 0.222. The Balaban J connectivity index is 1.93. The number of aryl methyl sites for hydroxylation is 1. The Kier molecular flexibility index (Phi) is 6.93. The van der Waals surface area contributed by atoms with Gasteiger partial charge in [0, 0.05) is 17.5 Å². The largest absolute Gasteiger partial charge is 0.393 e. The van der Waals surface area contributed by atoms with Crippen LogP contribution < -0.4 is 0 Å². The Hall–Kier alpha value is -3.37. The third kappa shape index (κ3) is 5.62. The number of aliphatic hydroxyl groups is 1. The van der Waals surface area contributed by atoms with E-state index in [0.29, 0.717) is 11.1 Å². The molecular weight excluding hydrogens is 388 g/mol. The van der Waals surface area contributed by atoms with E-state index < -0.39 is 6.10 Å². The number of ketones is 3. The smallest absolute Gasteiger partial charge is 0.170 e. The average molecular weight is 415 g/mol. The molecule has 31 heavy (non-hydrogen) atoms. The summed E-state index contributed by atoms with van der Waals surface area (Å²) in [6.45, 7) is 5.04. The second kappa shape index (κ2) is 9.63. The van der Waals surface area contributed by atoms with Crippen LogP contribution in [0.15, 0.2) is 66.7 Å². The van der Waals surface area contributed by atoms with Crippen molar-refractivity contribution in [2.45, 2.75) is 39.7 Å². The van der Waals surface area contributed by atoms with Crippen molar-refractivity contribution < 1.29 is 19.5 Å². The minimum absolute atomic E-state index is 0.0866. The highest BCUT2D eigenvalue weighted by atomic mass is 16.3. The highest BCUT2D eigenvalue weighted by Gasteiger charge is 2.13. The highest BCUT2D eigenvalue weighted by Crippen LogP contribution is 2.33. The standard InChI is InChI=1S/C27H26O4/c1-17-4-13-24(20-5-9-22(10-6-20)26(30)15-18(2)28)25(14-17)21-7-11-23(12-8-21)27(31)16-19(3)29/h4-14,18,28H,15-16H2,1-3H3. The van der Waals surface area contributed by atoms with Crippen LogP contribution in [0.5, 0.6) is 0 Å². The van der Waals surface area contributed by atoms with Crippen molar-refractivity contribution in [1.29, 1.82) is 0 Å². The van der Waals surface area contributed by atoms with Crippen molar-refractivity contribution in [3.63, 3.8) is 0 Å². The summed E-state index contributed by atoms with van der Waals surface area (Å²) in [5, 5.41) is 9.44. The molecule has 0 spiro atoms. The van der Waals surface area contributed by atoms with Crippen LogP contribution in [0.25, 0.3) is 22.3 Å². The Morgan fingerprint density at radius 2 is 1.29 bits per heavy atom. The molecule has 0 aliphatic rings. The molecule has 3 aromatic rings. The summed E-state index contributed by atoms with van der Waals surface area (Å²) in [6, 6.07) is 20.9. The minimum Gasteiger partial charge on any atom is -0.393 e. The molecule has 1 unspecified atom stereocenters. The van der Waals surface area contributed by atoms with Crippen LogP contribution in [0.1, 0.15) is 53.0 Å². The number of hydrogen-bond acceptors (Lipinski definition) is 4. The molecule has 4 nitrogen and oxygen atoms in total. The molecule has 3 aromatic carbocycles. The van der Waals surface area contributed by atoms with Gasteiger partial charge in [0.1, 0.15) is 5.78 Å².